The fourth-order valence-electron chi connectivity index (χ4n) is 0.553. The van der Waals surface area contributed by atoms with Gasteiger partial charge < -0.3 is 5.11 Å². The first-order valence-corrected chi connectivity index (χ1v) is 3.28. The number of rotatable bonds is 2. The molecule has 1 aromatic rings. The van der Waals surface area contributed by atoms with Crippen LogP contribution in [0.3, 0.4) is 0 Å². The Labute approximate surface area is 67.6 Å². The van der Waals surface area contributed by atoms with Gasteiger partial charge in [0, 0.05) is 0 Å². The minimum Gasteiger partial charge on any atom is -0.480 e. The topological polar surface area (TPSA) is 68.0 Å². The lowest BCUT2D eigenvalue weighted by molar-refractivity contribution is -0.140. The monoisotopic (exact) mass is 175 g/mol. The van der Waals surface area contributed by atoms with Crippen molar-refractivity contribution in [3.8, 4) is 0 Å². The molecule has 11 heavy (non-hydrogen) atoms. The number of halogens is 1. The normalized spacial score (nSPS) is 12.9. The first kappa shape index (κ1) is 8.00. The fraction of sp³-hybridized carbons (Fsp3) is 0.400. The Morgan fingerprint density at radius 3 is 2.91 bits per heavy atom. The maximum Gasteiger partial charge on any atom is 0.328 e. The number of nitrogens with zero attached hydrogens (tertiary/aromatic N) is 3. The number of aromatic nitrogens is 3. The zero-order valence-electron chi connectivity index (χ0n) is 5.73. The summed E-state index contributed by atoms with van der Waals surface area (Å²) in [7, 11) is 0. The molecule has 1 rings (SSSR count). The largest absolute Gasteiger partial charge is 0.480 e. The minimum absolute atomic E-state index is 0.0538. The van der Waals surface area contributed by atoms with Crippen LogP contribution in [0.5, 0.6) is 0 Å². The summed E-state index contributed by atoms with van der Waals surface area (Å²) >= 11 is 5.37. The number of carboxylic acids is 1. The predicted octanol–water partition coefficient (Wildman–Crippen LogP) is 0.577. The average Bonchev–Trinajstić information content (AvgIpc) is 2.34. The summed E-state index contributed by atoms with van der Waals surface area (Å²) < 4.78 is 1.19. The van der Waals surface area contributed by atoms with Crippen LogP contribution in [0.4, 0.5) is 0 Å². The van der Waals surface area contributed by atoms with Crippen LogP contribution >= 0.6 is 11.6 Å². The van der Waals surface area contributed by atoms with Crippen molar-refractivity contribution in [3.63, 3.8) is 0 Å². The molecule has 1 atom stereocenters. The molecule has 0 aliphatic carbocycles. The van der Waals surface area contributed by atoms with E-state index in [1.165, 1.54) is 17.9 Å². The van der Waals surface area contributed by atoms with Gasteiger partial charge in [0.2, 0.25) is 5.28 Å². The van der Waals surface area contributed by atoms with E-state index in [1.807, 2.05) is 0 Å². The van der Waals surface area contributed by atoms with E-state index in [-0.39, 0.29) is 5.28 Å². The molecule has 1 N–H and O–H groups in total. The highest BCUT2D eigenvalue weighted by Crippen LogP contribution is 2.05. The lowest BCUT2D eigenvalue weighted by Gasteiger charge is -2.03. The molecule has 0 amide bonds. The smallest absolute Gasteiger partial charge is 0.328 e. The van der Waals surface area contributed by atoms with Gasteiger partial charge in [0.25, 0.3) is 0 Å². The van der Waals surface area contributed by atoms with Crippen LogP contribution in [0.2, 0.25) is 5.28 Å². The summed E-state index contributed by atoms with van der Waals surface area (Å²) in [6, 6.07) is -0.727. The number of carbonyl (C=O) groups is 1. The molecule has 5 nitrogen and oxygen atoms in total. The summed E-state index contributed by atoms with van der Waals surface area (Å²) in [6.07, 6.45) is 1.28. The first-order chi connectivity index (χ1) is 5.11. The van der Waals surface area contributed by atoms with E-state index in [0.29, 0.717) is 0 Å². The maximum absolute atomic E-state index is 10.4. The molecule has 0 bridgehead atoms. The second kappa shape index (κ2) is 2.87. The van der Waals surface area contributed by atoms with Crippen molar-refractivity contribution >= 4 is 17.6 Å². The molecule has 0 fully saturated rings. The van der Waals surface area contributed by atoms with E-state index < -0.39 is 12.0 Å². The second-order valence-corrected chi connectivity index (χ2v) is 2.35. The zero-order valence-corrected chi connectivity index (χ0v) is 6.49. The van der Waals surface area contributed by atoms with Crippen molar-refractivity contribution in [2.24, 2.45) is 0 Å². The van der Waals surface area contributed by atoms with Crippen LogP contribution in [0.15, 0.2) is 6.33 Å². The highest BCUT2D eigenvalue weighted by molar-refractivity contribution is 6.28. The molecule has 0 aliphatic heterocycles. The van der Waals surface area contributed by atoms with Crippen molar-refractivity contribution < 1.29 is 9.90 Å². The van der Waals surface area contributed by atoms with Gasteiger partial charge in [-0.05, 0) is 18.5 Å². The van der Waals surface area contributed by atoms with Gasteiger partial charge in [0.05, 0.1) is 0 Å². The minimum atomic E-state index is -0.966. The molecular weight excluding hydrogens is 170 g/mol. The van der Waals surface area contributed by atoms with E-state index in [9.17, 15) is 4.79 Å². The lowest BCUT2D eigenvalue weighted by atomic mass is 10.4. The molecule has 0 saturated carbocycles. The quantitative estimate of drug-likeness (QED) is 0.714. The Balaban J connectivity index is 2.84. The van der Waals surface area contributed by atoms with Crippen molar-refractivity contribution in [2.45, 2.75) is 13.0 Å². The van der Waals surface area contributed by atoms with Crippen LogP contribution in [-0.4, -0.2) is 25.8 Å². The van der Waals surface area contributed by atoms with Crippen LogP contribution < -0.4 is 0 Å². The van der Waals surface area contributed by atoms with E-state index in [1.54, 1.807) is 0 Å². The molecule has 0 radical (unpaired) electrons. The average molecular weight is 176 g/mol. The summed E-state index contributed by atoms with van der Waals surface area (Å²) in [5, 5.41) is 12.2. The molecule has 0 aliphatic rings. The zero-order chi connectivity index (χ0) is 8.43. The lowest BCUT2D eigenvalue weighted by Crippen LogP contribution is -2.15. The summed E-state index contributed by atoms with van der Waals surface area (Å²) in [6.45, 7) is 1.49. The van der Waals surface area contributed by atoms with E-state index >= 15 is 0 Å². The molecule has 1 heterocycles. The van der Waals surface area contributed by atoms with Crippen molar-refractivity contribution in [1.29, 1.82) is 0 Å². The third kappa shape index (κ3) is 1.68. The van der Waals surface area contributed by atoms with Gasteiger partial charge in [-0.2, -0.15) is 0 Å². The number of aliphatic carboxylic acids is 1. The molecule has 60 valence electrons. The Kier molecular flexibility index (Phi) is 2.09. The Morgan fingerprint density at radius 2 is 2.55 bits per heavy atom. The van der Waals surface area contributed by atoms with Crippen molar-refractivity contribution in [2.75, 3.05) is 0 Å². The van der Waals surface area contributed by atoms with Crippen LogP contribution in [-0.2, 0) is 4.79 Å². The number of hydrogen-bond acceptors (Lipinski definition) is 3. The van der Waals surface area contributed by atoms with Crippen LogP contribution in [0.25, 0.3) is 0 Å². The highest BCUT2D eigenvalue weighted by Gasteiger charge is 2.13. The van der Waals surface area contributed by atoms with Gasteiger partial charge in [0.1, 0.15) is 12.4 Å². The molecule has 1 aromatic heterocycles. The summed E-state index contributed by atoms with van der Waals surface area (Å²) in [5.41, 5.74) is 0. The first-order valence-electron chi connectivity index (χ1n) is 2.90. The standard InChI is InChI=1S/C5H6ClN3O2/c1-3(4(10)11)9-2-7-5(6)8-9/h2-3H,1H3,(H,10,11)/t3-/m1/s1. The number of hydrogen-bond donors (Lipinski definition) is 1. The Bertz CT molecular complexity index is 272. The van der Waals surface area contributed by atoms with Gasteiger partial charge >= 0.3 is 5.97 Å². The molecule has 6 heteroatoms. The fourth-order valence-corrected chi connectivity index (χ4v) is 0.684. The van der Waals surface area contributed by atoms with Crippen LogP contribution in [0, 0.1) is 0 Å². The summed E-state index contributed by atoms with van der Waals surface area (Å²) in [5.74, 6) is -0.966. The van der Waals surface area contributed by atoms with Gasteiger partial charge in [-0.3, -0.25) is 0 Å². The van der Waals surface area contributed by atoms with E-state index in [0.717, 1.165) is 0 Å². The molecular formula is C5H6ClN3O2. The maximum atomic E-state index is 10.4. The van der Waals surface area contributed by atoms with Gasteiger partial charge in [-0.15, -0.1) is 5.10 Å². The van der Waals surface area contributed by atoms with Gasteiger partial charge in [0.15, 0.2) is 0 Å². The Hall–Kier alpha value is -1.10. The Morgan fingerprint density at radius 1 is 1.91 bits per heavy atom. The summed E-state index contributed by atoms with van der Waals surface area (Å²) in [4.78, 5) is 14.0. The van der Waals surface area contributed by atoms with Gasteiger partial charge in [-0.1, -0.05) is 0 Å². The third-order valence-corrected chi connectivity index (χ3v) is 1.41. The van der Waals surface area contributed by atoms with E-state index in [4.69, 9.17) is 16.7 Å². The highest BCUT2D eigenvalue weighted by atomic mass is 35.5. The van der Waals surface area contributed by atoms with Crippen LogP contribution in [0.1, 0.15) is 13.0 Å². The van der Waals surface area contributed by atoms with Crippen molar-refractivity contribution in [3.05, 3.63) is 11.6 Å². The van der Waals surface area contributed by atoms with Gasteiger partial charge in [-0.25, -0.2) is 14.5 Å². The predicted molar refractivity (Wildman–Crippen MR) is 37.4 cm³/mol. The van der Waals surface area contributed by atoms with Crippen molar-refractivity contribution in [1.82, 2.24) is 14.8 Å². The van der Waals surface area contributed by atoms with E-state index in [2.05, 4.69) is 10.1 Å². The molecule has 0 unspecified atom stereocenters. The second-order valence-electron chi connectivity index (χ2n) is 2.01. The SMILES string of the molecule is C[C@H](C(=O)O)n1cnc(Cl)n1. The number of carboxylic acid groups (broad SMARTS) is 1. The molecule has 0 spiro atoms. The third-order valence-electron chi connectivity index (χ3n) is 1.23. The molecule has 0 aromatic carbocycles. The molecule has 0 saturated heterocycles.